The van der Waals surface area contributed by atoms with Gasteiger partial charge in [0.1, 0.15) is 11.6 Å². The predicted molar refractivity (Wildman–Crippen MR) is 292 cm³/mol. The maximum absolute atomic E-state index is 4.90. The zero-order chi connectivity index (χ0) is 46.3. The van der Waals surface area contributed by atoms with Crippen LogP contribution in [-0.2, 0) is 0 Å². The maximum atomic E-state index is 4.90. The van der Waals surface area contributed by atoms with E-state index in [1.165, 1.54) is 76.6 Å². The van der Waals surface area contributed by atoms with Crippen molar-refractivity contribution in [2.45, 2.75) is 0 Å². The highest BCUT2D eigenvalue weighted by atomic mass is 15.3. The van der Waals surface area contributed by atoms with Gasteiger partial charge < -0.3 is 0 Å². The van der Waals surface area contributed by atoms with Gasteiger partial charge in [-0.05, 0) is 95.1 Å². The molecule has 8 heterocycles. The van der Waals surface area contributed by atoms with Crippen LogP contribution < -0.4 is 32.8 Å². The molecule has 0 spiro atoms. The van der Waals surface area contributed by atoms with Gasteiger partial charge in [-0.25, -0.2) is 15.0 Å². The van der Waals surface area contributed by atoms with E-state index in [4.69, 9.17) is 20.1 Å². The van der Waals surface area contributed by atoms with Crippen LogP contribution in [0.4, 0.5) is 0 Å². The van der Waals surface area contributed by atoms with E-state index in [1.807, 2.05) is 24.5 Å². The molecule has 0 N–H and O–H groups in total. The molecule has 10 heteroatoms. The second-order valence-corrected chi connectivity index (χ2v) is 18.9. The summed E-state index contributed by atoms with van der Waals surface area (Å²) in [5, 5.41) is 16.2. The normalized spacial score (nSPS) is 12.7. The fourth-order valence-electron chi connectivity index (χ4n) is 12.5. The first-order chi connectivity index (χ1) is 35.2. The number of hydrogen-bond acceptors (Lipinski definition) is 5. The zero-order valence-electron chi connectivity index (χ0n) is 38.0. The largest absolute Gasteiger partial charge is 0.294 e. The van der Waals surface area contributed by atoms with Crippen LogP contribution in [0.1, 0.15) is 0 Å². The number of benzene rings is 8. The minimum absolute atomic E-state index is 0.0238. The Bertz CT molecular complexity index is 4270. The number of fused-ring (bicyclic) bond motifs is 15. The van der Waals surface area contributed by atoms with E-state index in [0.29, 0.717) is 5.95 Å². The van der Waals surface area contributed by atoms with Crippen molar-refractivity contribution in [3.05, 3.63) is 219 Å². The molecular formula is C61H36B2N8. The Morgan fingerprint density at radius 3 is 1.25 bits per heavy atom. The van der Waals surface area contributed by atoms with Gasteiger partial charge in [0, 0.05) is 44.7 Å². The van der Waals surface area contributed by atoms with Gasteiger partial charge in [-0.2, -0.15) is 5.10 Å². The van der Waals surface area contributed by atoms with Gasteiger partial charge in [0.2, 0.25) is 13.4 Å². The lowest BCUT2D eigenvalue weighted by Crippen LogP contribution is -2.49. The summed E-state index contributed by atoms with van der Waals surface area (Å²) in [4.78, 5) is 14.6. The van der Waals surface area contributed by atoms with E-state index < -0.39 is 0 Å². The first kappa shape index (κ1) is 38.6. The summed E-state index contributed by atoms with van der Waals surface area (Å²) >= 11 is 0. The van der Waals surface area contributed by atoms with Crippen LogP contribution in [0.3, 0.4) is 0 Å². The molecule has 71 heavy (non-hydrogen) atoms. The van der Waals surface area contributed by atoms with Crippen LogP contribution in [0.25, 0.3) is 105 Å². The van der Waals surface area contributed by atoms with Crippen molar-refractivity contribution in [3.8, 4) is 39.8 Å². The molecule has 6 aromatic heterocycles. The Morgan fingerprint density at radius 2 is 0.761 bits per heavy atom. The van der Waals surface area contributed by atoms with Crippen molar-refractivity contribution < 1.29 is 0 Å². The van der Waals surface area contributed by atoms with Crippen molar-refractivity contribution in [2.75, 3.05) is 0 Å². The van der Waals surface area contributed by atoms with Gasteiger partial charge in [-0.3, -0.25) is 13.7 Å². The molecule has 0 radical (unpaired) electrons. The second kappa shape index (κ2) is 14.6. The van der Waals surface area contributed by atoms with Gasteiger partial charge in [-0.1, -0.05) is 154 Å². The first-order valence-electron chi connectivity index (χ1n) is 24.1. The Hall–Kier alpha value is -9.40. The van der Waals surface area contributed by atoms with Crippen LogP contribution in [0.5, 0.6) is 0 Å². The van der Waals surface area contributed by atoms with Crippen LogP contribution in [0, 0.1) is 0 Å². The molecule has 8 nitrogen and oxygen atoms in total. The Morgan fingerprint density at radius 1 is 0.296 bits per heavy atom. The molecule has 0 bridgehead atoms. The summed E-state index contributed by atoms with van der Waals surface area (Å²) in [5.74, 6) is 2.33. The number of aromatic nitrogens is 8. The van der Waals surface area contributed by atoms with Gasteiger partial charge in [-0.15, -0.1) is 5.10 Å². The molecule has 0 amide bonds. The van der Waals surface area contributed by atoms with E-state index in [1.54, 1.807) is 12.4 Å². The fraction of sp³-hybridized carbons (Fsp3) is 0. The van der Waals surface area contributed by atoms with Gasteiger partial charge in [0.25, 0.3) is 5.95 Å². The van der Waals surface area contributed by atoms with E-state index in [2.05, 4.69) is 201 Å². The fourth-order valence-corrected chi connectivity index (χ4v) is 12.5. The summed E-state index contributed by atoms with van der Waals surface area (Å²) in [6.07, 6.45) is 7.13. The molecule has 0 unspecified atom stereocenters. The van der Waals surface area contributed by atoms with Gasteiger partial charge in [0.15, 0.2) is 0 Å². The van der Waals surface area contributed by atoms with Crippen molar-refractivity contribution >= 4 is 112 Å². The van der Waals surface area contributed by atoms with Gasteiger partial charge >= 0.3 is 0 Å². The molecule has 326 valence electrons. The minimum atomic E-state index is -0.0238. The topological polar surface area (TPSA) is 79.2 Å². The van der Waals surface area contributed by atoms with Crippen LogP contribution in [0.2, 0.25) is 0 Å². The molecule has 0 atom stereocenters. The molecule has 0 aliphatic carbocycles. The number of para-hydroxylation sites is 2. The van der Waals surface area contributed by atoms with Crippen LogP contribution in [-0.4, -0.2) is 52.3 Å². The first-order valence-corrected chi connectivity index (χ1v) is 24.1. The molecule has 2 aliphatic rings. The minimum Gasteiger partial charge on any atom is -0.294 e. The highest BCUT2D eigenvalue weighted by Gasteiger charge is 2.38. The maximum Gasteiger partial charge on any atom is 0.254 e. The monoisotopic (exact) mass is 902 g/mol. The van der Waals surface area contributed by atoms with Crippen LogP contribution >= 0.6 is 0 Å². The van der Waals surface area contributed by atoms with Crippen molar-refractivity contribution in [3.63, 3.8) is 0 Å². The summed E-state index contributed by atoms with van der Waals surface area (Å²) in [6, 6.07) is 71.1. The van der Waals surface area contributed by atoms with E-state index in [9.17, 15) is 0 Å². The summed E-state index contributed by atoms with van der Waals surface area (Å²) in [5.41, 5.74) is 19.1. The van der Waals surface area contributed by atoms with E-state index in [0.717, 1.165) is 55.5 Å². The van der Waals surface area contributed by atoms with E-state index >= 15 is 0 Å². The van der Waals surface area contributed by atoms with Gasteiger partial charge in [0.05, 0.1) is 45.5 Å². The highest BCUT2D eigenvalue weighted by molar-refractivity contribution is 7.00. The molecule has 0 fully saturated rings. The van der Waals surface area contributed by atoms with Crippen LogP contribution in [0.15, 0.2) is 219 Å². The summed E-state index contributed by atoms with van der Waals surface area (Å²) in [6.45, 7) is -0.0475. The molecule has 16 rings (SSSR count). The average Bonchev–Trinajstić information content (AvgIpc) is 4.21. The Kier molecular flexibility index (Phi) is 7.91. The third-order valence-corrected chi connectivity index (χ3v) is 15.3. The van der Waals surface area contributed by atoms with Crippen molar-refractivity contribution in [1.82, 2.24) is 38.9 Å². The lowest BCUT2D eigenvalue weighted by molar-refractivity contribution is 0.888. The summed E-state index contributed by atoms with van der Waals surface area (Å²) in [7, 11) is 0. The Balaban J connectivity index is 0.935. The second-order valence-electron chi connectivity index (χ2n) is 18.9. The quantitative estimate of drug-likeness (QED) is 0.161. The average molecular weight is 903 g/mol. The molecular weight excluding hydrogens is 866 g/mol. The molecule has 0 saturated heterocycles. The number of hydrogen-bond donors (Lipinski definition) is 0. The number of rotatable bonds is 5. The third kappa shape index (κ3) is 5.38. The molecule has 2 aliphatic heterocycles. The lowest BCUT2D eigenvalue weighted by atomic mass is 9.39. The predicted octanol–water partition coefficient (Wildman–Crippen LogP) is 8.95. The standard InChI is InChI=1S/C61H36B2N8/c1-5-17-49-39(13-1)45-33-47-48-34-46-40-14-2-6-18-50(40)63(38-24-26-44-42-16-4-8-20-54(42)70(56(44)32-38)60-22-10-12-28-65-60)52(46)36-58(48)71(61-66-29-30-67-68-61)57(47)35-51(45)62(49)37-23-25-43-41-15-3-7-19-53(41)69(55(43)31-37)59-21-9-11-27-64-59/h1-36H. The smallest absolute Gasteiger partial charge is 0.254 e. The van der Waals surface area contributed by atoms with Crippen molar-refractivity contribution in [1.29, 1.82) is 0 Å². The number of pyridine rings is 2. The molecule has 8 aromatic carbocycles. The number of nitrogens with zero attached hydrogens (tertiary/aromatic N) is 8. The van der Waals surface area contributed by atoms with E-state index in [-0.39, 0.29) is 13.4 Å². The molecule has 0 saturated carbocycles. The van der Waals surface area contributed by atoms with Crippen molar-refractivity contribution in [2.24, 2.45) is 0 Å². The lowest BCUT2D eigenvalue weighted by Gasteiger charge is -2.14. The zero-order valence-corrected chi connectivity index (χ0v) is 38.0. The third-order valence-electron chi connectivity index (χ3n) is 15.3. The Labute approximate surface area is 407 Å². The summed E-state index contributed by atoms with van der Waals surface area (Å²) < 4.78 is 6.85. The molecule has 14 aromatic rings. The highest BCUT2D eigenvalue weighted by Crippen LogP contribution is 2.39. The SMILES string of the molecule is c1ccc(-n2c3ccccc3c3ccc(B4c5ccccc5-c5cc6c7cc8c(cc7n(-c7nccnn7)c6cc54)B(c4ccc5c6ccccc6n(-c6ccccn6)c5c4)c4ccccc4-8)cc32)nc1.